The summed E-state index contributed by atoms with van der Waals surface area (Å²) in [6, 6.07) is 0.346. The molecule has 1 saturated heterocycles. The maximum absolute atomic E-state index is 11.9. The second-order valence-corrected chi connectivity index (χ2v) is 8.55. The Morgan fingerprint density at radius 2 is 2.04 bits per heavy atom. The van der Waals surface area contributed by atoms with Gasteiger partial charge in [0.15, 0.2) is 5.96 Å². The molecule has 158 valence electrons. The van der Waals surface area contributed by atoms with Crippen LogP contribution in [0.25, 0.3) is 0 Å². The van der Waals surface area contributed by atoms with Gasteiger partial charge in [-0.15, -0.1) is 0 Å². The van der Waals surface area contributed by atoms with Crippen LogP contribution in [0.5, 0.6) is 0 Å². The molecule has 0 bridgehead atoms. The summed E-state index contributed by atoms with van der Waals surface area (Å²) in [6.07, 6.45) is 3.76. The van der Waals surface area contributed by atoms with Gasteiger partial charge in [-0.05, 0) is 19.8 Å². The van der Waals surface area contributed by atoms with Crippen molar-refractivity contribution in [2.45, 2.75) is 58.5 Å². The number of aliphatic imine (C=N–C) groups is 1. The molecule has 1 aliphatic rings. The number of nitrogens with one attached hydrogen (secondary N) is 2. The van der Waals surface area contributed by atoms with Gasteiger partial charge in [-0.3, -0.25) is 9.69 Å². The maximum Gasteiger partial charge on any atom is 0.236 e. The molecule has 1 aromatic rings. The molecule has 2 heterocycles. The number of likely N-dealkylation sites (N-methyl/N-ethyl adjacent to an activating group) is 1. The molecule has 1 aliphatic heterocycles. The molecule has 0 aliphatic carbocycles. The van der Waals surface area contributed by atoms with Crippen LogP contribution in [0.3, 0.4) is 0 Å². The average Bonchev–Trinajstić information content (AvgIpc) is 3.11. The van der Waals surface area contributed by atoms with E-state index >= 15 is 0 Å². The molecular weight excluding hydrogens is 356 g/mol. The first-order valence-corrected chi connectivity index (χ1v) is 10.1. The van der Waals surface area contributed by atoms with Crippen molar-refractivity contribution in [3.63, 3.8) is 0 Å². The number of amides is 1. The monoisotopic (exact) mass is 392 g/mol. The Hall–Kier alpha value is -2.09. The summed E-state index contributed by atoms with van der Waals surface area (Å²) >= 11 is 0. The van der Waals surface area contributed by atoms with E-state index in [9.17, 15) is 4.79 Å². The zero-order valence-corrected chi connectivity index (χ0v) is 18.2. The zero-order chi connectivity index (χ0) is 20.7. The maximum atomic E-state index is 11.9. The van der Waals surface area contributed by atoms with Crippen molar-refractivity contribution in [1.29, 1.82) is 0 Å². The lowest BCUT2D eigenvalue weighted by Crippen LogP contribution is -2.50. The van der Waals surface area contributed by atoms with E-state index in [1.54, 1.807) is 25.2 Å². The second-order valence-electron chi connectivity index (χ2n) is 8.55. The number of likely N-dealkylation sites (tertiary alicyclic amines) is 1. The Morgan fingerprint density at radius 1 is 1.36 bits per heavy atom. The molecule has 0 radical (unpaired) electrons. The lowest BCUT2D eigenvalue weighted by molar-refractivity contribution is -0.130. The lowest BCUT2D eigenvalue weighted by Gasteiger charge is -2.33. The third-order valence-corrected chi connectivity index (χ3v) is 4.80. The Morgan fingerprint density at radius 3 is 2.57 bits per heavy atom. The standard InChI is InChI=1S/C20H36N6O2/c1-7-21-19(23-13-17-22-12-16(28-17)20(2,3)4)24-15-8-10-26(11-9-15)14-18(27)25(5)6/h12,15H,7-11,13-14H2,1-6H3,(H2,21,23,24). The first kappa shape index (κ1) is 22.2. The van der Waals surface area contributed by atoms with E-state index in [4.69, 9.17) is 4.42 Å². The van der Waals surface area contributed by atoms with Crippen LogP contribution in [0.1, 0.15) is 52.2 Å². The Kier molecular flexibility index (Phi) is 7.86. The molecular formula is C20H36N6O2. The Balaban J connectivity index is 1.86. The predicted octanol–water partition coefficient (Wildman–Crippen LogP) is 1.58. The fraction of sp³-hybridized carbons (Fsp3) is 0.750. The van der Waals surface area contributed by atoms with E-state index in [1.807, 2.05) is 0 Å². The molecule has 0 saturated carbocycles. The summed E-state index contributed by atoms with van der Waals surface area (Å²) in [5, 5.41) is 6.80. The van der Waals surface area contributed by atoms with Gasteiger partial charge in [0.1, 0.15) is 12.3 Å². The largest absolute Gasteiger partial charge is 0.443 e. The molecule has 1 amide bonds. The van der Waals surface area contributed by atoms with E-state index in [0.717, 1.165) is 44.2 Å². The highest BCUT2D eigenvalue weighted by molar-refractivity contribution is 5.80. The molecule has 0 spiro atoms. The predicted molar refractivity (Wildman–Crippen MR) is 111 cm³/mol. The van der Waals surface area contributed by atoms with Gasteiger partial charge >= 0.3 is 0 Å². The highest BCUT2D eigenvalue weighted by Gasteiger charge is 2.22. The van der Waals surface area contributed by atoms with Crippen LogP contribution in [0.15, 0.2) is 15.6 Å². The number of aromatic nitrogens is 1. The SMILES string of the molecule is CCNC(=NCc1ncc(C(C)(C)C)o1)NC1CCN(CC(=O)N(C)C)CC1. The minimum absolute atomic E-state index is 0.0559. The Bertz CT molecular complexity index is 654. The van der Waals surface area contributed by atoms with E-state index in [0.29, 0.717) is 25.0 Å². The number of hydrogen-bond donors (Lipinski definition) is 2. The molecule has 28 heavy (non-hydrogen) atoms. The topological polar surface area (TPSA) is 86.0 Å². The Labute approximate surface area is 168 Å². The third kappa shape index (κ3) is 6.82. The first-order chi connectivity index (χ1) is 13.2. The number of nitrogens with zero attached hydrogens (tertiary/aromatic N) is 4. The molecule has 2 N–H and O–H groups in total. The highest BCUT2D eigenvalue weighted by Crippen LogP contribution is 2.22. The van der Waals surface area contributed by atoms with Crippen LogP contribution >= 0.6 is 0 Å². The van der Waals surface area contributed by atoms with Gasteiger partial charge in [0, 0.05) is 45.2 Å². The molecule has 2 rings (SSSR count). The number of hydrogen-bond acceptors (Lipinski definition) is 5. The summed E-state index contributed by atoms with van der Waals surface area (Å²) in [5.41, 5.74) is -0.0559. The fourth-order valence-electron chi connectivity index (χ4n) is 2.96. The molecule has 0 aromatic carbocycles. The summed E-state index contributed by atoms with van der Waals surface area (Å²) in [5.74, 6) is 2.43. The second kappa shape index (κ2) is 9.91. The van der Waals surface area contributed by atoms with Crippen molar-refractivity contribution in [2.75, 3.05) is 40.3 Å². The quantitative estimate of drug-likeness (QED) is 0.565. The van der Waals surface area contributed by atoms with Gasteiger partial charge in [-0.2, -0.15) is 0 Å². The van der Waals surface area contributed by atoms with Crippen LogP contribution < -0.4 is 10.6 Å². The van der Waals surface area contributed by atoms with Crippen molar-refractivity contribution in [3.05, 3.63) is 17.8 Å². The molecule has 0 unspecified atom stereocenters. The average molecular weight is 393 g/mol. The van der Waals surface area contributed by atoms with E-state index in [-0.39, 0.29) is 11.3 Å². The van der Waals surface area contributed by atoms with E-state index in [1.165, 1.54) is 0 Å². The zero-order valence-electron chi connectivity index (χ0n) is 18.2. The normalized spacial score (nSPS) is 16.9. The van der Waals surface area contributed by atoms with E-state index < -0.39 is 0 Å². The number of piperidine rings is 1. The summed E-state index contributed by atoms with van der Waals surface area (Å²) in [7, 11) is 3.60. The molecule has 0 atom stereocenters. The summed E-state index contributed by atoms with van der Waals surface area (Å²) in [4.78, 5) is 24.7. The molecule has 8 heteroatoms. The molecule has 1 fully saturated rings. The smallest absolute Gasteiger partial charge is 0.236 e. The van der Waals surface area contributed by atoms with Crippen LogP contribution in [-0.4, -0.2) is 73.0 Å². The molecule has 8 nitrogen and oxygen atoms in total. The van der Waals surface area contributed by atoms with E-state index in [2.05, 4.69) is 53.2 Å². The third-order valence-electron chi connectivity index (χ3n) is 4.80. The van der Waals surface area contributed by atoms with Gasteiger partial charge in [-0.25, -0.2) is 9.98 Å². The first-order valence-electron chi connectivity index (χ1n) is 10.1. The summed E-state index contributed by atoms with van der Waals surface area (Å²) in [6.45, 7) is 11.9. The van der Waals surface area contributed by atoms with Crippen LogP contribution in [0.2, 0.25) is 0 Å². The van der Waals surface area contributed by atoms with Crippen molar-refractivity contribution in [3.8, 4) is 0 Å². The van der Waals surface area contributed by atoms with Gasteiger partial charge in [0.25, 0.3) is 0 Å². The number of rotatable bonds is 6. The van der Waals surface area contributed by atoms with Crippen LogP contribution in [-0.2, 0) is 16.8 Å². The van der Waals surface area contributed by atoms with Gasteiger partial charge < -0.3 is 20.0 Å². The minimum atomic E-state index is -0.0559. The van der Waals surface area contributed by atoms with Crippen LogP contribution in [0.4, 0.5) is 0 Å². The highest BCUT2D eigenvalue weighted by atomic mass is 16.4. The summed E-state index contributed by atoms with van der Waals surface area (Å²) < 4.78 is 5.82. The fourth-order valence-corrected chi connectivity index (χ4v) is 2.96. The van der Waals surface area contributed by atoms with Crippen molar-refractivity contribution >= 4 is 11.9 Å². The van der Waals surface area contributed by atoms with Crippen LogP contribution in [0, 0.1) is 0 Å². The number of oxazole rings is 1. The van der Waals surface area contributed by atoms with Crippen molar-refractivity contribution < 1.29 is 9.21 Å². The van der Waals surface area contributed by atoms with Crippen molar-refractivity contribution in [1.82, 2.24) is 25.4 Å². The van der Waals surface area contributed by atoms with Gasteiger partial charge in [-0.1, -0.05) is 20.8 Å². The number of carbonyl (C=O) groups excluding carboxylic acids is 1. The van der Waals surface area contributed by atoms with Gasteiger partial charge in [0.2, 0.25) is 11.8 Å². The number of carbonyl (C=O) groups is 1. The lowest BCUT2D eigenvalue weighted by atomic mass is 9.94. The molecule has 1 aromatic heterocycles. The number of guanidine groups is 1. The van der Waals surface area contributed by atoms with Gasteiger partial charge in [0.05, 0.1) is 12.7 Å². The minimum Gasteiger partial charge on any atom is -0.443 e. The van der Waals surface area contributed by atoms with Crippen molar-refractivity contribution in [2.24, 2.45) is 4.99 Å².